The maximum absolute atomic E-state index is 5.15. The number of aryl methyl sites for hydroxylation is 1. The number of nitrogens with one attached hydrogen (secondary N) is 1. The highest BCUT2D eigenvalue weighted by Gasteiger charge is 2.06. The molecule has 1 aromatic carbocycles. The summed E-state index contributed by atoms with van der Waals surface area (Å²) in [6.07, 6.45) is 0. The van der Waals surface area contributed by atoms with E-state index >= 15 is 0 Å². The fraction of sp³-hybridized carbons (Fsp3) is 0.308. The van der Waals surface area contributed by atoms with Crippen molar-refractivity contribution in [2.24, 2.45) is 7.05 Å². The number of rotatable bonds is 4. The van der Waals surface area contributed by atoms with Gasteiger partial charge in [0.2, 0.25) is 0 Å². The SMILES string of the molecule is CNCc1cc(-c2ccc(OC)cc2)n(C)n1. The summed E-state index contributed by atoms with van der Waals surface area (Å²) < 4.78 is 7.04. The van der Waals surface area contributed by atoms with Gasteiger partial charge in [-0.1, -0.05) is 0 Å². The lowest BCUT2D eigenvalue weighted by atomic mass is 10.1. The molecule has 1 heterocycles. The van der Waals surface area contributed by atoms with Crippen LogP contribution in [-0.4, -0.2) is 23.9 Å². The van der Waals surface area contributed by atoms with Crippen LogP contribution in [0.5, 0.6) is 5.75 Å². The van der Waals surface area contributed by atoms with Crippen LogP contribution in [-0.2, 0) is 13.6 Å². The average Bonchev–Trinajstić information content (AvgIpc) is 2.71. The smallest absolute Gasteiger partial charge is 0.118 e. The highest BCUT2D eigenvalue weighted by atomic mass is 16.5. The van der Waals surface area contributed by atoms with Crippen LogP contribution in [0.25, 0.3) is 11.3 Å². The molecule has 2 rings (SSSR count). The predicted octanol–water partition coefficient (Wildman–Crippen LogP) is 1.82. The molecule has 0 saturated carbocycles. The summed E-state index contributed by atoms with van der Waals surface area (Å²) in [5, 5.41) is 7.54. The summed E-state index contributed by atoms with van der Waals surface area (Å²) in [7, 11) is 5.55. The van der Waals surface area contributed by atoms with Gasteiger partial charge in [-0.3, -0.25) is 4.68 Å². The quantitative estimate of drug-likeness (QED) is 0.872. The number of aromatic nitrogens is 2. The largest absolute Gasteiger partial charge is 0.497 e. The molecule has 90 valence electrons. The summed E-state index contributed by atoms with van der Waals surface area (Å²) in [6.45, 7) is 0.782. The molecule has 0 aliphatic heterocycles. The second kappa shape index (κ2) is 5.01. The highest BCUT2D eigenvalue weighted by Crippen LogP contribution is 2.22. The van der Waals surface area contributed by atoms with Crippen LogP contribution in [0.15, 0.2) is 30.3 Å². The molecule has 0 fully saturated rings. The number of nitrogens with zero attached hydrogens (tertiary/aromatic N) is 2. The highest BCUT2D eigenvalue weighted by molar-refractivity contribution is 5.61. The van der Waals surface area contributed by atoms with Gasteiger partial charge in [0, 0.05) is 19.2 Å². The van der Waals surface area contributed by atoms with E-state index in [0.29, 0.717) is 0 Å². The standard InChI is InChI=1S/C13H17N3O/c1-14-9-11-8-13(16(2)15-11)10-4-6-12(17-3)7-5-10/h4-8,14H,9H2,1-3H3. The van der Waals surface area contributed by atoms with Crippen LogP contribution in [0, 0.1) is 0 Å². The van der Waals surface area contributed by atoms with Gasteiger partial charge in [0.1, 0.15) is 5.75 Å². The van der Waals surface area contributed by atoms with Gasteiger partial charge in [0.05, 0.1) is 18.5 Å². The minimum absolute atomic E-state index is 0.782. The van der Waals surface area contributed by atoms with E-state index in [1.54, 1.807) is 7.11 Å². The number of hydrogen-bond donors (Lipinski definition) is 1. The molecular formula is C13H17N3O. The Kier molecular flexibility index (Phi) is 3.44. The van der Waals surface area contributed by atoms with Crippen molar-refractivity contribution in [1.29, 1.82) is 0 Å². The van der Waals surface area contributed by atoms with Crippen molar-refractivity contribution in [3.8, 4) is 17.0 Å². The van der Waals surface area contributed by atoms with E-state index in [2.05, 4.69) is 16.5 Å². The van der Waals surface area contributed by atoms with Gasteiger partial charge in [-0.05, 0) is 37.4 Å². The van der Waals surface area contributed by atoms with Crippen LogP contribution in [0.1, 0.15) is 5.69 Å². The number of ether oxygens (including phenoxy) is 1. The Morgan fingerprint density at radius 2 is 2.00 bits per heavy atom. The molecule has 0 atom stereocenters. The summed E-state index contributed by atoms with van der Waals surface area (Å²) in [6, 6.07) is 10.1. The average molecular weight is 231 g/mol. The minimum atomic E-state index is 0.782. The molecule has 17 heavy (non-hydrogen) atoms. The topological polar surface area (TPSA) is 39.1 Å². The van der Waals surface area contributed by atoms with Crippen molar-refractivity contribution in [2.45, 2.75) is 6.54 Å². The normalized spacial score (nSPS) is 10.5. The Balaban J connectivity index is 2.31. The first-order valence-electron chi connectivity index (χ1n) is 5.56. The molecule has 1 N–H and O–H groups in total. The molecule has 1 aromatic heterocycles. The number of methoxy groups -OCH3 is 1. The van der Waals surface area contributed by atoms with Crippen LogP contribution in [0.2, 0.25) is 0 Å². The van der Waals surface area contributed by atoms with Crippen LogP contribution in [0.4, 0.5) is 0 Å². The Hall–Kier alpha value is -1.81. The lowest BCUT2D eigenvalue weighted by Gasteiger charge is -2.03. The van der Waals surface area contributed by atoms with Crippen molar-refractivity contribution in [3.63, 3.8) is 0 Å². The third-order valence-electron chi connectivity index (χ3n) is 2.67. The van der Waals surface area contributed by atoms with Crippen molar-refractivity contribution in [2.75, 3.05) is 14.2 Å². The third-order valence-corrected chi connectivity index (χ3v) is 2.67. The number of hydrogen-bond acceptors (Lipinski definition) is 3. The minimum Gasteiger partial charge on any atom is -0.497 e. The van der Waals surface area contributed by atoms with E-state index in [1.807, 2.05) is 43.0 Å². The molecule has 2 aromatic rings. The summed E-state index contributed by atoms with van der Waals surface area (Å²) in [5.74, 6) is 0.867. The van der Waals surface area contributed by atoms with E-state index in [9.17, 15) is 0 Å². The van der Waals surface area contributed by atoms with E-state index < -0.39 is 0 Å². The fourth-order valence-corrected chi connectivity index (χ4v) is 1.83. The zero-order valence-electron chi connectivity index (χ0n) is 10.4. The fourth-order valence-electron chi connectivity index (χ4n) is 1.83. The Morgan fingerprint density at radius 1 is 1.29 bits per heavy atom. The summed E-state index contributed by atoms with van der Waals surface area (Å²) >= 11 is 0. The van der Waals surface area contributed by atoms with Crippen LogP contribution in [0.3, 0.4) is 0 Å². The Labute approximate surface area is 101 Å². The van der Waals surface area contributed by atoms with Gasteiger partial charge in [-0.2, -0.15) is 5.10 Å². The monoisotopic (exact) mass is 231 g/mol. The van der Waals surface area contributed by atoms with Crippen LogP contribution < -0.4 is 10.1 Å². The van der Waals surface area contributed by atoms with Gasteiger partial charge < -0.3 is 10.1 Å². The lowest BCUT2D eigenvalue weighted by Crippen LogP contribution is -2.05. The molecule has 0 amide bonds. The van der Waals surface area contributed by atoms with Gasteiger partial charge in [0.15, 0.2) is 0 Å². The van der Waals surface area contributed by atoms with E-state index in [1.165, 1.54) is 0 Å². The summed E-state index contributed by atoms with van der Waals surface area (Å²) in [5.41, 5.74) is 3.29. The van der Waals surface area contributed by atoms with Crippen molar-refractivity contribution in [1.82, 2.24) is 15.1 Å². The molecule has 0 spiro atoms. The Morgan fingerprint density at radius 3 is 2.59 bits per heavy atom. The molecule has 0 saturated heterocycles. The molecule has 4 heteroatoms. The van der Waals surface area contributed by atoms with E-state index in [0.717, 1.165) is 29.2 Å². The van der Waals surface area contributed by atoms with Gasteiger partial charge in [-0.25, -0.2) is 0 Å². The van der Waals surface area contributed by atoms with E-state index in [-0.39, 0.29) is 0 Å². The predicted molar refractivity (Wildman–Crippen MR) is 68.0 cm³/mol. The molecule has 0 aliphatic carbocycles. The molecule has 4 nitrogen and oxygen atoms in total. The van der Waals surface area contributed by atoms with Crippen LogP contribution >= 0.6 is 0 Å². The first-order valence-corrected chi connectivity index (χ1v) is 5.56. The third kappa shape index (κ3) is 2.47. The first-order chi connectivity index (χ1) is 8.24. The maximum atomic E-state index is 5.15. The first kappa shape index (κ1) is 11.7. The molecule has 0 radical (unpaired) electrons. The second-order valence-corrected chi connectivity index (χ2v) is 3.90. The molecule has 0 unspecified atom stereocenters. The van der Waals surface area contributed by atoms with Crippen molar-refractivity contribution >= 4 is 0 Å². The Bertz CT molecular complexity index is 488. The molecule has 0 bridgehead atoms. The van der Waals surface area contributed by atoms with Gasteiger partial charge in [0.25, 0.3) is 0 Å². The van der Waals surface area contributed by atoms with Gasteiger partial charge >= 0.3 is 0 Å². The molecule has 0 aliphatic rings. The zero-order chi connectivity index (χ0) is 12.3. The molecular weight excluding hydrogens is 214 g/mol. The zero-order valence-corrected chi connectivity index (χ0v) is 10.4. The number of benzene rings is 1. The summed E-state index contributed by atoms with van der Waals surface area (Å²) in [4.78, 5) is 0. The lowest BCUT2D eigenvalue weighted by molar-refractivity contribution is 0.415. The second-order valence-electron chi connectivity index (χ2n) is 3.90. The van der Waals surface area contributed by atoms with Crippen molar-refractivity contribution in [3.05, 3.63) is 36.0 Å². The van der Waals surface area contributed by atoms with Crippen molar-refractivity contribution < 1.29 is 4.74 Å². The maximum Gasteiger partial charge on any atom is 0.118 e. The van der Waals surface area contributed by atoms with E-state index in [4.69, 9.17) is 4.74 Å². The van der Waals surface area contributed by atoms with Gasteiger partial charge in [-0.15, -0.1) is 0 Å².